The summed E-state index contributed by atoms with van der Waals surface area (Å²) in [4.78, 5) is 27.9. The highest BCUT2D eigenvalue weighted by molar-refractivity contribution is 6.01. The van der Waals surface area contributed by atoms with Crippen LogP contribution in [-0.4, -0.2) is 30.8 Å². The molecule has 1 heterocycles. The van der Waals surface area contributed by atoms with E-state index in [2.05, 4.69) is 50.2 Å². The molecule has 2 N–H and O–H groups in total. The van der Waals surface area contributed by atoms with Gasteiger partial charge in [-0.25, -0.2) is 0 Å². The van der Waals surface area contributed by atoms with Crippen LogP contribution in [0.5, 0.6) is 0 Å². The maximum Gasteiger partial charge on any atom is 0.239 e. The summed E-state index contributed by atoms with van der Waals surface area (Å²) in [6.45, 7) is 11.5. The Labute approximate surface area is 168 Å². The van der Waals surface area contributed by atoms with Crippen LogP contribution in [-0.2, 0) is 9.59 Å². The third-order valence-electron chi connectivity index (χ3n) is 5.54. The first-order chi connectivity index (χ1) is 13.2. The Morgan fingerprint density at radius 3 is 2.68 bits per heavy atom. The monoisotopic (exact) mass is 383 g/mol. The van der Waals surface area contributed by atoms with E-state index in [-0.39, 0.29) is 29.7 Å². The molecule has 28 heavy (non-hydrogen) atoms. The van der Waals surface area contributed by atoms with E-state index in [4.69, 9.17) is 0 Å². The van der Waals surface area contributed by atoms with Crippen molar-refractivity contribution in [3.8, 4) is 0 Å². The van der Waals surface area contributed by atoms with E-state index in [1.807, 2.05) is 24.3 Å². The zero-order valence-electron chi connectivity index (χ0n) is 17.8. The number of hydrogen-bond acceptors (Lipinski definition) is 4. The Morgan fingerprint density at radius 2 is 2.00 bits per heavy atom. The average molecular weight is 384 g/mol. The van der Waals surface area contributed by atoms with Crippen LogP contribution in [0.3, 0.4) is 0 Å². The third kappa shape index (κ3) is 4.23. The number of Topliss-reactive ketones (excluding diaryl/α,β-unsaturated/α-hetero) is 1. The predicted molar refractivity (Wildman–Crippen MR) is 114 cm³/mol. The maximum absolute atomic E-state index is 13.1. The zero-order valence-corrected chi connectivity index (χ0v) is 17.8. The van der Waals surface area contributed by atoms with Crippen molar-refractivity contribution in [3.05, 3.63) is 35.5 Å². The van der Waals surface area contributed by atoms with Gasteiger partial charge in [-0.15, -0.1) is 0 Å². The minimum atomic E-state index is -0.0976. The summed E-state index contributed by atoms with van der Waals surface area (Å²) in [6.07, 6.45) is 2.17. The van der Waals surface area contributed by atoms with Gasteiger partial charge in [-0.1, -0.05) is 46.8 Å². The molecule has 0 aromatic heterocycles. The number of carbonyl (C=O) groups excluding carboxylic acids is 2. The van der Waals surface area contributed by atoms with Crippen LogP contribution in [0, 0.1) is 11.3 Å². The molecule has 3 rings (SSSR count). The molecule has 1 unspecified atom stereocenters. The predicted octanol–water partition coefficient (Wildman–Crippen LogP) is 4.11. The lowest BCUT2D eigenvalue weighted by Crippen LogP contribution is -2.46. The lowest BCUT2D eigenvalue weighted by Gasteiger charge is -2.37. The first kappa shape index (κ1) is 20.4. The second-order valence-corrected chi connectivity index (χ2v) is 9.23. The number of rotatable bonds is 5. The van der Waals surface area contributed by atoms with Gasteiger partial charge in [0.15, 0.2) is 5.78 Å². The molecule has 0 radical (unpaired) electrons. The fourth-order valence-electron chi connectivity index (χ4n) is 4.30. The van der Waals surface area contributed by atoms with Gasteiger partial charge in [-0.3, -0.25) is 9.59 Å². The molecule has 2 aliphatic rings. The summed E-state index contributed by atoms with van der Waals surface area (Å²) in [5, 5.41) is 6.57. The van der Waals surface area contributed by atoms with Crippen molar-refractivity contribution in [2.75, 3.05) is 23.3 Å². The number of amides is 1. The first-order valence-electron chi connectivity index (χ1n) is 10.4. The van der Waals surface area contributed by atoms with Gasteiger partial charge in [0.2, 0.25) is 5.91 Å². The van der Waals surface area contributed by atoms with Gasteiger partial charge in [-0.05, 0) is 36.3 Å². The van der Waals surface area contributed by atoms with Crippen LogP contribution in [0.1, 0.15) is 53.9 Å². The summed E-state index contributed by atoms with van der Waals surface area (Å²) in [5.41, 5.74) is 3.77. The SMILES string of the molecule is CCC1C2=C(CC(C)(C)CC2=O)Nc2ccccc2N1CC(=O)NCC(C)C. The normalized spacial score (nSPS) is 21.0. The molecule has 0 bridgehead atoms. The van der Waals surface area contributed by atoms with E-state index in [1.165, 1.54) is 0 Å². The largest absolute Gasteiger partial charge is 0.357 e. The highest BCUT2D eigenvalue weighted by atomic mass is 16.2. The van der Waals surface area contributed by atoms with Crippen LogP contribution in [0.15, 0.2) is 35.5 Å². The zero-order chi connectivity index (χ0) is 20.5. The molecule has 5 heteroatoms. The summed E-state index contributed by atoms with van der Waals surface area (Å²) < 4.78 is 0. The Hall–Kier alpha value is -2.30. The van der Waals surface area contributed by atoms with Gasteiger partial charge < -0.3 is 15.5 Å². The summed E-state index contributed by atoms with van der Waals surface area (Å²) in [7, 11) is 0. The average Bonchev–Trinajstić information content (AvgIpc) is 2.73. The molecular formula is C23H33N3O2. The summed E-state index contributed by atoms with van der Waals surface area (Å²) in [6, 6.07) is 7.95. The number of carbonyl (C=O) groups is 2. The molecule has 1 aromatic carbocycles. The van der Waals surface area contributed by atoms with Crippen molar-refractivity contribution >= 4 is 23.1 Å². The molecule has 1 atom stereocenters. The maximum atomic E-state index is 13.1. The first-order valence-corrected chi connectivity index (χ1v) is 10.4. The fraction of sp³-hybridized carbons (Fsp3) is 0.565. The lowest BCUT2D eigenvalue weighted by atomic mass is 9.74. The summed E-state index contributed by atoms with van der Waals surface area (Å²) in [5.74, 6) is 0.598. The van der Waals surface area contributed by atoms with E-state index in [9.17, 15) is 9.59 Å². The quantitative estimate of drug-likeness (QED) is 0.803. The fourth-order valence-corrected chi connectivity index (χ4v) is 4.30. The highest BCUT2D eigenvalue weighted by Gasteiger charge is 2.40. The van der Waals surface area contributed by atoms with Crippen molar-refractivity contribution in [2.45, 2.75) is 59.9 Å². The Kier molecular flexibility index (Phi) is 5.82. The number of nitrogens with zero attached hydrogens (tertiary/aromatic N) is 1. The highest BCUT2D eigenvalue weighted by Crippen LogP contribution is 2.44. The van der Waals surface area contributed by atoms with Gasteiger partial charge in [0.1, 0.15) is 0 Å². The number of fused-ring (bicyclic) bond motifs is 1. The lowest BCUT2D eigenvalue weighted by molar-refractivity contribution is -0.120. The molecule has 1 aromatic rings. The van der Waals surface area contributed by atoms with Gasteiger partial charge in [0, 0.05) is 24.2 Å². The Bertz CT molecular complexity index is 795. The van der Waals surface area contributed by atoms with Crippen LogP contribution < -0.4 is 15.5 Å². The molecule has 0 saturated carbocycles. The number of anilines is 2. The minimum Gasteiger partial charge on any atom is -0.357 e. The Balaban J connectivity index is 2.01. The van der Waals surface area contributed by atoms with Crippen LogP contribution >= 0.6 is 0 Å². The third-order valence-corrected chi connectivity index (χ3v) is 5.54. The second kappa shape index (κ2) is 7.98. The van der Waals surface area contributed by atoms with Crippen molar-refractivity contribution in [1.29, 1.82) is 0 Å². The van der Waals surface area contributed by atoms with E-state index in [1.54, 1.807) is 0 Å². The van der Waals surface area contributed by atoms with Crippen LogP contribution in [0.25, 0.3) is 0 Å². The van der Waals surface area contributed by atoms with Gasteiger partial charge in [-0.2, -0.15) is 0 Å². The molecule has 0 fully saturated rings. The molecule has 0 saturated heterocycles. The topological polar surface area (TPSA) is 61.4 Å². The number of benzene rings is 1. The van der Waals surface area contributed by atoms with Gasteiger partial charge >= 0.3 is 0 Å². The molecule has 1 amide bonds. The number of nitrogens with one attached hydrogen (secondary N) is 2. The molecule has 0 spiro atoms. The smallest absolute Gasteiger partial charge is 0.239 e. The number of para-hydroxylation sites is 2. The molecular weight excluding hydrogens is 350 g/mol. The van der Waals surface area contributed by atoms with E-state index < -0.39 is 0 Å². The van der Waals surface area contributed by atoms with Crippen LogP contribution in [0.4, 0.5) is 11.4 Å². The van der Waals surface area contributed by atoms with E-state index in [0.717, 1.165) is 35.5 Å². The number of allylic oxidation sites excluding steroid dienone is 1. The number of ketones is 1. The molecule has 5 nitrogen and oxygen atoms in total. The Morgan fingerprint density at radius 1 is 1.29 bits per heavy atom. The number of hydrogen-bond donors (Lipinski definition) is 2. The molecule has 1 aliphatic carbocycles. The standard InChI is InChI=1S/C23H33N3O2/c1-6-18-22-17(11-23(4,5)12-20(22)27)25-16-9-7-8-10-19(16)26(18)14-21(28)24-13-15(2)3/h7-10,15,18,25H,6,11-14H2,1-5H3,(H,24,28). The van der Waals surface area contributed by atoms with E-state index in [0.29, 0.717) is 18.9 Å². The molecule has 1 aliphatic heterocycles. The van der Waals surface area contributed by atoms with Crippen molar-refractivity contribution in [2.24, 2.45) is 11.3 Å². The van der Waals surface area contributed by atoms with Crippen molar-refractivity contribution in [1.82, 2.24) is 5.32 Å². The second-order valence-electron chi connectivity index (χ2n) is 9.23. The molecule has 152 valence electrons. The van der Waals surface area contributed by atoms with Crippen molar-refractivity contribution in [3.63, 3.8) is 0 Å². The van der Waals surface area contributed by atoms with Crippen LogP contribution in [0.2, 0.25) is 0 Å². The van der Waals surface area contributed by atoms with Gasteiger partial charge in [0.05, 0.1) is 24.0 Å². The van der Waals surface area contributed by atoms with E-state index >= 15 is 0 Å². The minimum absolute atomic E-state index is 0.00501. The van der Waals surface area contributed by atoms with Gasteiger partial charge in [0.25, 0.3) is 0 Å². The van der Waals surface area contributed by atoms with Crippen molar-refractivity contribution < 1.29 is 9.59 Å². The summed E-state index contributed by atoms with van der Waals surface area (Å²) >= 11 is 0.